The van der Waals surface area contributed by atoms with Gasteiger partial charge in [0.1, 0.15) is 0 Å². The summed E-state index contributed by atoms with van der Waals surface area (Å²) in [6, 6.07) is 6.61. The summed E-state index contributed by atoms with van der Waals surface area (Å²) >= 11 is 0. The topological polar surface area (TPSA) is 115 Å². The fraction of sp³-hybridized carbons (Fsp3) is 0.375. The number of aliphatic carboxylic acids is 2. The minimum absolute atomic E-state index is 0.0523. The van der Waals surface area contributed by atoms with Gasteiger partial charge < -0.3 is 20.0 Å². The molecule has 0 aliphatic carbocycles. The number of anilines is 2. The maximum Gasteiger partial charge on any atom is 0.308 e. The molecule has 24 heavy (non-hydrogen) atoms. The lowest BCUT2D eigenvalue weighted by Gasteiger charge is -2.21. The average Bonchev–Trinajstić information content (AvgIpc) is 3.11. The molecule has 8 heteroatoms. The van der Waals surface area contributed by atoms with Crippen LogP contribution in [0.3, 0.4) is 0 Å². The van der Waals surface area contributed by atoms with Crippen molar-refractivity contribution in [1.82, 2.24) is 0 Å². The molecule has 0 spiro atoms. The summed E-state index contributed by atoms with van der Waals surface area (Å²) in [5, 5.41) is 18.1. The summed E-state index contributed by atoms with van der Waals surface area (Å²) in [4.78, 5) is 48.9. The lowest BCUT2D eigenvalue weighted by molar-refractivity contribution is -0.142. The number of carbonyl (C=O) groups excluding carboxylic acids is 2. The van der Waals surface area contributed by atoms with Crippen LogP contribution in [0.1, 0.15) is 12.8 Å². The van der Waals surface area contributed by atoms with Crippen molar-refractivity contribution in [2.45, 2.75) is 12.8 Å². The van der Waals surface area contributed by atoms with E-state index in [2.05, 4.69) is 0 Å². The molecule has 1 aromatic rings. The van der Waals surface area contributed by atoms with Crippen molar-refractivity contribution < 1.29 is 29.4 Å². The van der Waals surface area contributed by atoms with E-state index in [0.717, 1.165) is 0 Å². The third-order valence-corrected chi connectivity index (χ3v) is 4.40. The maximum atomic E-state index is 12.0. The number of benzene rings is 1. The quantitative estimate of drug-likeness (QED) is 0.832. The highest BCUT2D eigenvalue weighted by atomic mass is 16.4. The summed E-state index contributed by atoms with van der Waals surface area (Å²) in [5.74, 6) is -4.08. The molecular weight excluding hydrogens is 316 g/mol. The highest BCUT2D eigenvalue weighted by Gasteiger charge is 2.37. The van der Waals surface area contributed by atoms with Crippen LogP contribution in [-0.2, 0) is 19.2 Å². The molecular formula is C16H16N2O6. The predicted molar refractivity (Wildman–Crippen MR) is 82.6 cm³/mol. The van der Waals surface area contributed by atoms with Gasteiger partial charge >= 0.3 is 11.9 Å². The molecule has 2 N–H and O–H groups in total. The van der Waals surface area contributed by atoms with E-state index in [1.165, 1.54) is 9.80 Å². The van der Waals surface area contributed by atoms with Crippen LogP contribution in [0, 0.1) is 11.8 Å². The Balaban J connectivity index is 1.83. The van der Waals surface area contributed by atoms with Crippen LogP contribution in [0.4, 0.5) is 11.4 Å². The first-order valence-corrected chi connectivity index (χ1v) is 7.53. The molecule has 2 atom stereocenters. The molecule has 0 bridgehead atoms. The van der Waals surface area contributed by atoms with Crippen molar-refractivity contribution in [2.75, 3.05) is 22.9 Å². The first-order valence-electron chi connectivity index (χ1n) is 7.53. The molecule has 3 rings (SSSR count). The molecule has 2 heterocycles. The Morgan fingerprint density at radius 3 is 1.62 bits per heavy atom. The molecule has 8 nitrogen and oxygen atoms in total. The molecule has 2 fully saturated rings. The fourth-order valence-electron chi connectivity index (χ4n) is 3.07. The van der Waals surface area contributed by atoms with Gasteiger partial charge in [0.05, 0.1) is 11.8 Å². The third kappa shape index (κ3) is 2.82. The Labute approximate surface area is 137 Å². The van der Waals surface area contributed by atoms with E-state index in [9.17, 15) is 19.2 Å². The largest absolute Gasteiger partial charge is 0.481 e. The van der Waals surface area contributed by atoms with E-state index in [1.54, 1.807) is 24.3 Å². The normalized spacial score (nSPS) is 23.8. The highest BCUT2D eigenvalue weighted by Crippen LogP contribution is 2.31. The second kappa shape index (κ2) is 5.95. The van der Waals surface area contributed by atoms with E-state index in [1.807, 2.05) is 0 Å². The zero-order chi connectivity index (χ0) is 17.4. The Morgan fingerprint density at radius 1 is 0.875 bits per heavy atom. The molecule has 126 valence electrons. The van der Waals surface area contributed by atoms with Gasteiger partial charge in [0.2, 0.25) is 11.8 Å². The van der Waals surface area contributed by atoms with Crippen molar-refractivity contribution in [2.24, 2.45) is 11.8 Å². The first-order chi connectivity index (χ1) is 11.4. The molecule has 2 aliphatic rings. The van der Waals surface area contributed by atoms with Crippen LogP contribution in [0.2, 0.25) is 0 Å². The highest BCUT2D eigenvalue weighted by molar-refractivity contribution is 6.02. The van der Waals surface area contributed by atoms with E-state index in [-0.39, 0.29) is 37.7 Å². The van der Waals surface area contributed by atoms with Gasteiger partial charge in [-0.05, 0) is 18.2 Å². The first kappa shape index (κ1) is 16.0. The van der Waals surface area contributed by atoms with Gasteiger partial charge in [-0.15, -0.1) is 0 Å². The fourth-order valence-corrected chi connectivity index (χ4v) is 3.07. The number of amides is 2. The SMILES string of the molecule is O=C(O)[C@@H]1CC(=O)N(c2cccc(N3C[C@@H](C(=O)O)CC3=O)c2)C1. The van der Waals surface area contributed by atoms with Crippen LogP contribution in [0.15, 0.2) is 24.3 Å². The lowest BCUT2D eigenvalue weighted by Crippen LogP contribution is -2.28. The molecule has 2 aliphatic heterocycles. The maximum absolute atomic E-state index is 12.0. The van der Waals surface area contributed by atoms with Crippen LogP contribution in [-0.4, -0.2) is 47.1 Å². The van der Waals surface area contributed by atoms with Gasteiger partial charge in [0.15, 0.2) is 0 Å². The van der Waals surface area contributed by atoms with Crippen LogP contribution in [0.25, 0.3) is 0 Å². The Morgan fingerprint density at radius 2 is 1.29 bits per heavy atom. The second-order valence-corrected chi connectivity index (χ2v) is 6.01. The van der Waals surface area contributed by atoms with Gasteiger partial charge in [-0.2, -0.15) is 0 Å². The van der Waals surface area contributed by atoms with Gasteiger partial charge in [-0.25, -0.2) is 0 Å². The van der Waals surface area contributed by atoms with Crippen molar-refractivity contribution in [3.05, 3.63) is 24.3 Å². The number of carboxylic acids is 2. The molecule has 2 saturated heterocycles. The summed E-state index contributed by atoms with van der Waals surface area (Å²) in [6.45, 7) is 0.173. The summed E-state index contributed by atoms with van der Waals surface area (Å²) in [7, 11) is 0. The van der Waals surface area contributed by atoms with Crippen LogP contribution in [0.5, 0.6) is 0 Å². The minimum atomic E-state index is -1.01. The van der Waals surface area contributed by atoms with E-state index in [4.69, 9.17) is 10.2 Å². The number of nitrogens with zero attached hydrogens (tertiary/aromatic N) is 2. The molecule has 1 aromatic carbocycles. The minimum Gasteiger partial charge on any atom is -0.481 e. The van der Waals surface area contributed by atoms with Gasteiger partial charge in [-0.1, -0.05) is 6.07 Å². The van der Waals surface area contributed by atoms with Gasteiger partial charge in [-0.3, -0.25) is 19.2 Å². The average molecular weight is 332 g/mol. The zero-order valence-electron chi connectivity index (χ0n) is 12.7. The smallest absolute Gasteiger partial charge is 0.308 e. The molecule has 2 amide bonds. The molecule has 0 unspecified atom stereocenters. The Hall–Kier alpha value is -2.90. The second-order valence-electron chi connectivity index (χ2n) is 6.01. The Kier molecular flexibility index (Phi) is 3.96. The number of rotatable bonds is 4. The Bertz CT molecular complexity index is 674. The van der Waals surface area contributed by atoms with Crippen molar-refractivity contribution in [3.63, 3.8) is 0 Å². The van der Waals surface area contributed by atoms with Crippen molar-refractivity contribution in [1.29, 1.82) is 0 Å². The number of hydrogen-bond donors (Lipinski definition) is 2. The number of carbonyl (C=O) groups is 4. The van der Waals surface area contributed by atoms with Crippen LogP contribution >= 0.6 is 0 Å². The molecule has 0 aromatic heterocycles. The third-order valence-electron chi connectivity index (χ3n) is 4.40. The summed E-state index contributed by atoms with van der Waals surface area (Å²) in [5.41, 5.74) is 1.01. The lowest BCUT2D eigenvalue weighted by atomic mass is 10.1. The van der Waals surface area contributed by atoms with E-state index < -0.39 is 23.8 Å². The van der Waals surface area contributed by atoms with Crippen molar-refractivity contribution in [3.8, 4) is 0 Å². The number of carboxylic acid groups (broad SMARTS) is 2. The summed E-state index contributed by atoms with van der Waals surface area (Å²) in [6.07, 6.45) is -0.105. The van der Waals surface area contributed by atoms with Gasteiger partial charge in [0, 0.05) is 37.3 Å². The zero-order valence-corrected chi connectivity index (χ0v) is 12.7. The predicted octanol–water partition coefficient (Wildman–Crippen LogP) is 0.562. The monoisotopic (exact) mass is 332 g/mol. The van der Waals surface area contributed by atoms with E-state index in [0.29, 0.717) is 11.4 Å². The van der Waals surface area contributed by atoms with Gasteiger partial charge in [0.25, 0.3) is 0 Å². The van der Waals surface area contributed by atoms with Crippen molar-refractivity contribution >= 4 is 35.1 Å². The van der Waals surface area contributed by atoms with E-state index >= 15 is 0 Å². The van der Waals surface area contributed by atoms with Crippen LogP contribution < -0.4 is 9.80 Å². The number of hydrogen-bond acceptors (Lipinski definition) is 4. The summed E-state index contributed by atoms with van der Waals surface area (Å²) < 4.78 is 0. The molecule has 0 saturated carbocycles. The standard InChI is InChI=1S/C16H16N2O6/c19-13-4-9(15(21)22)7-17(13)11-2-1-3-12(6-11)18-8-10(16(23)24)5-14(18)20/h1-3,6,9-10H,4-5,7-8H2,(H,21,22)(H,23,24)/t9-,10+. The molecule has 0 radical (unpaired) electrons.